The van der Waals surface area contributed by atoms with Gasteiger partial charge in [0.15, 0.2) is 0 Å². The van der Waals surface area contributed by atoms with Crippen LogP contribution in [-0.4, -0.2) is 45.9 Å². The topological polar surface area (TPSA) is 115 Å². The maximum absolute atomic E-state index is 11.7. The van der Waals surface area contributed by atoms with Crippen LogP contribution in [0.5, 0.6) is 5.88 Å². The summed E-state index contributed by atoms with van der Waals surface area (Å²) in [6, 6.07) is 5.92. The number of nitrogens with zero attached hydrogens (tertiary/aromatic N) is 3. The smallest absolute Gasteiger partial charge is 0.278 e. The number of aromatic amines is 1. The summed E-state index contributed by atoms with van der Waals surface area (Å²) in [6.07, 6.45) is 0. The van der Waals surface area contributed by atoms with Crippen LogP contribution in [0.15, 0.2) is 22.8 Å². The largest absolute Gasteiger partial charge is 0.472 e. The van der Waals surface area contributed by atoms with Crippen molar-refractivity contribution in [1.29, 1.82) is 0 Å². The minimum Gasteiger partial charge on any atom is -0.472 e. The molecule has 0 fully saturated rings. The van der Waals surface area contributed by atoms with Crippen molar-refractivity contribution in [2.24, 2.45) is 0 Å². The Morgan fingerprint density at radius 1 is 1.32 bits per heavy atom. The molecule has 25 heavy (non-hydrogen) atoms. The van der Waals surface area contributed by atoms with Gasteiger partial charge in [-0.15, -0.1) is 0 Å². The van der Waals surface area contributed by atoms with E-state index >= 15 is 0 Å². The molecule has 0 unspecified atom stereocenters. The number of benzene rings is 1. The summed E-state index contributed by atoms with van der Waals surface area (Å²) in [4.78, 5) is 19.4. The summed E-state index contributed by atoms with van der Waals surface area (Å²) in [5.74, 6) is 0.783. The Kier molecular flexibility index (Phi) is 5.24. The zero-order valence-electron chi connectivity index (χ0n) is 14.0. The summed E-state index contributed by atoms with van der Waals surface area (Å²) in [7, 11) is 0. The number of para-hydroxylation sites is 1. The standard InChI is InChI=1S/C16H19N5O4/c1-10-4-3-5-12-15(10)19-13(18-12)8-23-9-14(22)17-6-7-24-16-11(2)20-25-21-16/h3-5H,6-9H2,1-2H3,(H,17,22)(H,18,19). The fourth-order valence-electron chi connectivity index (χ4n) is 2.28. The molecule has 0 aliphatic heterocycles. The summed E-state index contributed by atoms with van der Waals surface area (Å²) < 4.78 is 15.2. The first-order valence-electron chi connectivity index (χ1n) is 7.84. The molecule has 2 aromatic heterocycles. The lowest BCUT2D eigenvalue weighted by atomic mass is 10.2. The molecule has 0 atom stereocenters. The van der Waals surface area contributed by atoms with Crippen molar-refractivity contribution in [2.45, 2.75) is 20.5 Å². The minimum absolute atomic E-state index is 0.0550. The highest BCUT2D eigenvalue weighted by molar-refractivity contribution is 5.78. The molecule has 0 bridgehead atoms. The molecule has 3 rings (SSSR count). The predicted molar refractivity (Wildman–Crippen MR) is 88.0 cm³/mol. The average Bonchev–Trinajstić information content (AvgIpc) is 3.18. The molecule has 0 aliphatic carbocycles. The third-order valence-corrected chi connectivity index (χ3v) is 3.51. The highest BCUT2D eigenvalue weighted by Crippen LogP contribution is 2.15. The number of aromatic nitrogens is 4. The zero-order chi connectivity index (χ0) is 17.6. The molecule has 132 valence electrons. The Balaban J connectivity index is 1.36. The summed E-state index contributed by atoms with van der Waals surface area (Å²) in [5.41, 5.74) is 3.53. The number of ether oxygens (including phenoxy) is 2. The molecule has 0 radical (unpaired) electrons. The van der Waals surface area contributed by atoms with Crippen molar-refractivity contribution in [1.82, 2.24) is 25.6 Å². The van der Waals surface area contributed by atoms with Crippen molar-refractivity contribution in [3.63, 3.8) is 0 Å². The molecule has 1 amide bonds. The van der Waals surface area contributed by atoms with E-state index in [2.05, 4.69) is 30.2 Å². The van der Waals surface area contributed by atoms with Crippen LogP contribution in [-0.2, 0) is 16.1 Å². The number of rotatable bonds is 8. The number of H-pyrrole nitrogens is 1. The van der Waals surface area contributed by atoms with E-state index < -0.39 is 0 Å². The van der Waals surface area contributed by atoms with Crippen LogP contribution in [0.4, 0.5) is 0 Å². The van der Waals surface area contributed by atoms with E-state index in [1.807, 2.05) is 25.1 Å². The number of carbonyl (C=O) groups is 1. The molecule has 0 spiro atoms. The van der Waals surface area contributed by atoms with E-state index in [1.165, 1.54) is 0 Å². The molecule has 9 heteroatoms. The number of nitrogens with one attached hydrogen (secondary N) is 2. The number of fused-ring (bicyclic) bond motifs is 1. The first-order valence-corrected chi connectivity index (χ1v) is 7.84. The van der Waals surface area contributed by atoms with Crippen LogP contribution >= 0.6 is 0 Å². The van der Waals surface area contributed by atoms with Gasteiger partial charge < -0.3 is 19.8 Å². The van der Waals surface area contributed by atoms with Crippen molar-refractivity contribution < 1.29 is 18.9 Å². The van der Waals surface area contributed by atoms with E-state index in [-0.39, 0.29) is 25.7 Å². The Bertz CT molecular complexity index is 857. The minimum atomic E-state index is -0.231. The quantitative estimate of drug-likeness (QED) is 0.591. The molecular weight excluding hydrogens is 326 g/mol. The lowest BCUT2D eigenvalue weighted by Gasteiger charge is -2.06. The SMILES string of the molecule is Cc1nonc1OCCNC(=O)COCc1nc2c(C)cccc2[nH]1. The Hall–Kier alpha value is -2.94. The second kappa shape index (κ2) is 7.75. The maximum Gasteiger partial charge on any atom is 0.278 e. The lowest BCUT2D eigenvalue weighted by Crippen LogP contribution is -2.31. The van der Waals surface area contributed by atoms with Crippen LogP contribution in [0, 0.1) is 13.8 Å². The first kappa shape index (κ1) is 16.9. The van der Waals surface area contributed by atoms with Gasteiger partial charge in [-0.3, -0.25) is 4.79 Å². The van der Waals surface area contributed by atoms with Gasteiger partial charge in [0, 0.05) is 0 Å². The lowest BCUT2D eigenvalue weighted by molar-refractivity contribution is -0.126. The fourth-order valence-corrected chi connectivity index (χ4v) is 2.28. The van der Waals surface area contributed by atoms with E-state index in [9.17, 15) is 4.79 Å². The van der Waals surface area contributed by atoms with E-state index in [4.69, 9.17) is 9.47 Å². The fraction of sp³-hybridized carbons (Fsp3) is 0.375. The summed E-state index contributed by atoms with van der Waals surface area (Å²) >= 11 is 0. The number of hydrogen-bond acceptors (Lipinski definition) is 7. The second-order valence-corrected chi connectivity index (χ2v) is 5.50. The van der Waals surface area contributed by atoms with Gasteiger partial charge in [-0.25, -0.2) is 9.61 Å². The monoisotopic (exact) mass is 345 g/mol. The number of imidazole rings is 1. The van der Waals surface area contributed by atoms with Crippen LogP contribution in [0.3, 0.4) is 0 Å². The Morgan fingerprint density at radius 3 is 2.96 bits per heavy atom. The second-order valence-electron chi connectivity index (χ2n) is 5.50. The molecule has 0 aliphatic rings. The third kappa shape index (κ3) is 4.32. The molecule has 2 N–H and O–H groups in total. The number of amides is 1. The van der Waals surface area contributed by atoms with Gasteiger partial charge in [-0.05, 0) is 30.6 Å². The Labute approximate surface area is 143 Å². The van der Waals surface area contributed by atoms with Gasteiger partial charge in [0.1, 0.15) is 31.3 Å². The molecular formula is C16H19N5O4. The van der Waals surface area contributed by atoms with E-state index in [1.54, 1.807) is 6.92 Å². The van der Waals surface area contributed by atoms with Gasteiger partial charge in [-0.1, -0.05) is 17.3 Å². The number of aryl methyl sites for hydroxylation is 2. The summed E-state index contributed by atoms with van der Waals surface area (Å²) in [6.45, 7) is 4.50. The van der Waals surface area contributed by atoms with Crippen molar-refractivity contribution >= 4 is 16.9 Å². The van der Waals surface area contributed by atoms with Crippen molar-refractivity contribution in [3.05, 3.63) is 35.3 Å². The number of hydrogen-bond donors (Lipinski definition) is 2. The molecule has 2 heterocycles. The highest BCUT2D eigenvalue weighted by atomic mass is 16.6. The zero-order valence-corrected chi connectivity index (χ0v) is 14.0. The van der Waals surface area contributed by atoms with Crippen molar-refractivity contribution in [3.8, 4) is 5.88 Å². The average molecular weight is 345 g/mol. The molecule has 0 saturated carbocycles. The highest BCUT2D eigenvalue weighted by Gasteiger charge is 2.08. The van der Waals surface area contributed by atoms with Crippen LogP contribution in [0.2, 0.25) is 0 Å². The third-order valence-electron chi connectivity index (χ3n) is 3.51. The number of carbonyl (C=O) groups excluding carboxylic acids is 1. The molecule has 9 nitrogen and oxygen atoms in total. The van der Waals surface area contributed by atoms with Gasteiger partial charge in [-0.2, -0.15) is 0 Å². The van der Waals surface area contributed by atoms with Gasteiger partial charge in [0.2, 0.25) is 5.91 Å². The Morgan fingerprint density at radius 2 is 2.20 bits per heavy atom. The van der Waals surface area contributed by atoms with Crippen LogP contribution in [0.1, 0.15) is 17.1 Å². The molecule has 1 aromatic carbocycles. The van der Waals surface area contributed by atoms with E-state index in [0.29, 0.717) is 23.9 Å². The van der Waals surface area contributed by atoms with Gasteiger partial charge in [0.25, 0.3) is 5.88 Å². The molecule has 0 saturated heterocycles. The molecule has 3 aromatic rings. The maximum atomic E-state index is 11.7. The van der Waals surface area contributed by atoms with E-state index in [0.717, 1.165) is 16.6 Å². The van der Waals surface area contributed by atoms with Crippen LogP contribution in [0.25, 0.3) is 11.0 Å². The van der Waals surface area contributed by atoms with Gasteiger partial charge >= 0.3 is 0 Å². The normalized spacial score (nSPS) is 11.0. The first-order chi connectivity index (χ1) is 12.1. The van der Waals surface area contributed by atoms with Crippen LogP contribution < -0.4 is 10.1 Å². The van der Waals surface area contributed by atoms with Crippen molar-refractivity contribution in [2.75, 3.05) is 19.8 Å². The summed E-state index contributed by atoms with van der Waals surface area (Å²) in [5, 5.41) is 9.87. The predicted octanol–water partition coefficient (Wildman–Crippen LogP) is 1.27. The van der Waals surface area contributed by atoms with Gasteiger partial charge in [0.05, 0.1) is 17.6 Å².